The Bertz CT molecular complexity index is 1180. The minimum atomic E-state index is -3.12. The number of aliphatic hydroxyl groups is 4. The van der Waals surface area contributed by atoms with Crippen molar-refractivity contribution in [1.82, 2.24) is 9.78 Å². The lowest BCUT2D eigenvalue weighted by Gasteiger charge is -2.39. The molecule has 1 aliphatic heterocycles. The molecule has 2 aromatic rings. The average Bonchev–Trinajstić information content (AvgIpc) is 3.12. The van der Waals surface area contributed by atoms with Crippen LogP contribution in [-0.4, -0.2) is 73.6 Å². The molecule has 9 nitrogen and oxygen atoms in total. The fraction of sp³-hybridized carbons (Fsp3) is 0.609. The molecular formula is C23H34N2O7. The standard InChI is InChI=1S/C23H34N2O7/c1-12(2)25-14(5)17(10-15-6-8-16(9-7-15)30-13(3)4)22(24-25)32-23-21(29)20(28)19(27)18(11-26)31-23/h6-9,12-13,18-21,23,26-29H,10-11H2,1-5H3/t18-,19-,20+,21-,23+/m1/s1/i1D3,2D3,10D2,13D. The van der Waals surface area contributed by atoms with E-state index in [0.717, 1.165) is 0 Å². The first-order valence-corrected chi connectivity index (χ1v) is 9.96. The third-order valence-corrected chi connectivity index (χ3v) is 4.88. The second-order valence-corrected chi connectivity index (χ2v) is 7.59. The first kappa shape index (κ1) is 14.9. The summed E-state index contributed by atoms with van der Waals surface area (Å²) >= 11 is 0. The van der Waals surface area contributed by atoms with Crippen molar-refractivity contribution in [1.29, 1.82) is 0 Å². The van der Waals surface area contributed by atoms with Crippen molar-refractivity contribution in [3.8, 4) is 11.6 Å². The summed E-state index contributed by atoms with van der Waals surface area (Å²) in [6, 6.07) is 3.30. The van der Waals surface area contributed by atoms with E-state index < -0.39 is 81.0 Å². The molecule has 32 heavy (non-hydrogen) atoms. The Morgan fingerprint density at radius 2 is 1.88 bits per heavy atom. The first-order valence-electron chi connectivity index (χ1n) is 14.5. The largest absolute Gasteiger partial charge is 0.491 e. The summed E-state index contributed by atoms with van der Waals surface area (Å²) in [5.74, 6) is -0.387. The molecule has 1 saturated heterocycles. The molecule has 5 atom stereocenters. The van der Waals surface area contributed by atoms with Crippen molar-refractivity contribution in [2.45, 2.75) is 83.7 Å². The van der Waals surface area contributed by atoms with Crippen LogP contribution in [0.25, 0.3) is 0 Å². The lowest BCUT2D eigenvalue weighted by atomic mass is 9.99. The summed E-state index contributed by atoms with van der Waals surface area (Å²) < 4.78 is 90.0. The first-order chi connectivity index (χ1) is 18.6. The predicted octanol–water partition coefficient (Wildman–Crippen LogP) is 1.33. The summed E-state index contributed by atoms with van der Waals surface area (Å²) in [4.78, 5) is 0. The molecule has 0 aliphatic carbocycles. The van der Waals surface area contributed by atoms with Gasteiger partial charge in [0.1, 0.15) is 30.2 Å². The Hall–Kier alpha value is -2.17. The Labute approximate surface area is 200 Å². The lowest BCUT2D eigenvalue weighted by Crippen LogP contribution is -2.60. The van der Waals surface area contributed by atoms with Crippen LogP contribution in [-0.2, 0) is 11.1 Å². The SMILES string of the molecule is [2H]C(C)(C)Oc1ccc(C([2H])([2H])c2c(O[C@@H]3O[C@H](CO)[C@@H](O)[C@H](O)[C@H]3O)nn(C(C([2H])([2H])[2H])C([2H])([2H])[2H])c2C)cc1. The van der Waals surface area contributed by atoms with Crippen molar-refractivity contribution >= 4 is 0 Å². The predicted molar refractivity (Wildman–Crippen MR) is 117 cm³/mol. The molecule has 9 heteroatoms. The zero-order valence-electron chi connectivity index (χ0n) is 26.9. The Kier molecular flexibility index (Phi) is 4.73. The van der Waals surface area contributed by atoms with Gasteiger partial charge >= 0.3 is 0 Å². The number of hydrogen-bond acceptors (Lipinski definition) is 8. The van der Waals surface area contributed by atoms with Gasteiger partial charge in [0.2, 0.25) is 12.2 Å². The minimum absolute atomic E-state index is 0.00624. The van der Waals surface area contributed by atoms with Crippen LogP contribution in [0.3, 0.4) is 0 Å². The van der Waals surface area contributed by atoms with E-state index in [1.165, 1.54) is 45.0 Å². The molecular weight excluding hydrogens is 416 g/mol. The highest BCUT2D eigenvalue weighted by molar-refractivity contribution is 5.38. The van der Waals surface area contributed by atoms with Gasteiger partial charge in [0.05, 0.1) is 14.1 Å². The molecule has 4 N–H and O–H groups in total. The van der Waals surface area contributed by atoms with Gasteiger partial charge in [-0.2, -0.15) is 0 Å². The van der Waals surface area contributed by atoms with E-state index in [2.05, 4.69) is 5.10 Å². The van der Waals surface area contributed by atoms with Crippen LogP contribution in [0.1, 0.15) is 62.8 Å². The van der Waals surface area contributed by atoms with Gasteiger partial charge in [0.15, 0.2) is 0 Å². The van der Waals surface area contributed by atoms with Crippen LogP contribution >= 0.6 is 0 Å². The summed E-state index contributed by atoms with van der Waals surface area (Å²) in [6.07, 6.45) is -12.5. The zero-order chi connectivity index (χ0) is 31.3. The lowest BCUT2D eigenvalue weighted by molar-refractivity contribution is -0.278. The van der Waals surface area contributed by atoms with Crippen LogP contribution in [0.15, 0.2) is 24.3 Å². The molecule has 1 aliphatic rings. The van der Waals surface area contributed by atoms with E-state index in [1.807, 2.05) is 0 Å². The van der Waals surface area contributed by atoms with Crippen LogP contribution in [0.4, 0.5) is 0 Å². The summed E-state index contributed by atoms with van der Waals surface area (Å²) in [5.41, 5.74) is -0.629. The molecule has 0 saturated carbocycles. The maximum atomic E-state index is 10.5. The van der Waals surface area contributed by atoms with Gasteiger partial charge in [0, 0.05) is 34.6 Å². The third kappa shape index (κ3) is 5.24. The number of benzene rings is 1. The normalized spacial score (nSPS) is 31.8. The maximum Gasteiger partial charge on any atom is 0.239 e. The van der Waals surface area contributed by atoms with Crippen molar-refractivity contribution in [2.24, 2.45) is 0 Å². The number of rotatable bonds is 8. The van der Waals surface area contributed by atoms with Gasteiger partial charge in [-0.1, -0.05) is 12.1 Å². The van der Waals surface area contributed by atoms with Gasteiger partial charge in [-0.25, -0.2) is 0 Å². The van der Waals surface area contributed by atoms with Gasteiger partial charge in [0.25, 0.3) is 0 Å². The molecule has 178 valence electrons. The van der Waals surface area contributed by atoms with Crippen LogP contribution in [0.2, 0.25) is 0 Å². The van der Waals surface area contributed by atoms with Gasteiger partial charge in [-0.05, 0) is 52.2 Å². The number of nitrogens with zero attached hydrogens (tertiary/aromatic N) is 2. The van der Waals surface area contributed by atoms with E-state index in [-0.39, 0.29) is 17.0 Å². The Morgan fingerprint density at radius 1 is 1.19 bits per heavy atom. The van der Waals surface area contributed by atoms with Crippen molar-refractivity contribution in [3.63, 3.8) is 0 Å². The topological polar surface area (TPSA) is 126 Å². The molecule has 0 amide bonds. The van der Waals surface area contributed by atoms with E-state index in [4.69, 9.17) is 26.5 Å². The van der Waals surface area contributed by atoms with Crippen LogP contribution in [0, 0.1) is 6.92 Å². The number of aliphatic hydroxyl groups excluding tert-OH is 4. The van der Waals surface area contributed by atoms with Gasteiger partial charge < -0.3 is 34.6 Å². The van der Waals surface area contributed by atoms with E-state index in [1.54, 1.807) is 0 Å². The van der Waals surface area contributed by atoms with E-state index >= 15 is 0 Å². The summed E-state index contributed by atoms with van der Waals surface area (Å²) in [6.45, 7) is -2.75. The second kappa shape index (κ2) is 10.2. The molecule has 3 rings (SSSR count). The summed E-state index contributed by atoms with van der Waals surface area (Å²) in [7, 11) is 0. The third-order valence-electron chi connectivity index (χ3n) is 4.88. The monoisotopic (exact) mass is 459 g/mol. The second-order valence-electron chi connectivity index (χ2n) is 7.59. The molecule has 0 radical (unpaired) electrons. The molecule has 1 aromatic carbocycles. The minimum Gasteiger partial charge on any atom is -0.491 e. The zero-order valence-corrected chi connectivity index (χ0v) is 17.9. The molecule has 2 heterocycles. The van der Waals surface area contributed by atoms with Gasteiger partial charge in [-0.3, -0.25) is 4.68 Å². The highest BCUT2D eigenvalue weighted by Gasteiger charge is 2.45. The average molecular weight is 460 g/mol. The highest BCUT2D eigenvalue weighted by Crippen LogP contribution is 2.31. The Morgan fingerprint density at radius 3 is 2.47 bits per heavy atom. The number of aromatic nitrogens is 2. The maximum absolute atomic E-state index is 10.5. The Balaban J connectivity index is 2.18. The number of ether oxygens (including phenoxy) is 3. The molecule has 0 unspecified atom stereocenters. The smallest absolute Gasteiger partial charge is 0.239 e. The van der Waals surface area contributed by atoms with Crippen LogP contribution < -0.4 is 9.47 Å². The molecule has 1 fully saturated rings. The fourth-order valence-corrected chi connectivity index (χ4v) is 3.23. The summed E-state index contributed by atoms with van der Waals surface area (Å²) in [5, 5.41) is 44.3. The van der Waals surface area contributed by atoms with Crippen LogP contribution in [0.5, 0.6) is 11.6 Å². The van der Waals surface area contributed by atoms with Gasteiger partial charge in [-0.15, -0.1) is 5.10 Å². The van der Waals surface area contributed by atoms with Crippen molar-refractivity contribution < 1.29 is 47.0 Å². The van der Waals surface area contributed by atoms with Crippen molar-refractivity contribution in [2.75, 3.05) is 6.61 Å². The molecule has 1 aromatic heterocycles. The number of hydrogen-bond donors (Lipinski definition) is 4. The quantitative estimate of drug-likeness (QED) is 0.466. The van der Waals surface area contributed by atoms with Crippen molar-refractivity contribution in [3.05, 3.63) is 41.1 Å². The molecule has 0 bridgehead atoms. The van der Waals surface area contributed by atoms with E-state index in [9.17, 15) is 20.4 Å². The fourth-order valence-electron chi connectivity index (χ4n) is 3.23. The highest BCUT2D eigenvalue weighted by atomic mass is 16.7. The van der Waals surface area contributed by atoms with E-state index in [0.29, 0.717) is 4.68 Å². The molecule has 0 spiro atoms.